The van der Waals surface area contributed by atoms with Crippen LogP contribution in [0.3, 0.4) is 0 Å². The van der Waals surface area contributed by atoms with E-state index in [2.05, 4.69) is 16.5 Å². The van der Waals surface area contributed by atoms with Gasteiger partial charge in [-0.1, -0.05) is 11.6 Å². The summed E-state index contributed by atoms with van der Waals surface area (Å²) < 4.78 is 5.17. The minimum absolute atomic E-state index is 0.0217. The van der Waals surface area contributed by atoms with Gasteiger partial charge in [-0.15, -0.1) is 11.3 Å². The Morgan fingerprint density at radius 3 is 2.77 bits per heavy atom. The van der Waals surface area contributed by atoms with Crippen LogP contribution in [-0.2, 0) is 24.2 Å². The van der Waals surface area contributed by atoms with Crippen LogP contribution in [0.2, 0.25) is 0 Å². The van der Waals surface area contributed by atoms with Gasteiger partial charge in [-0.3, -0.25) is 4.79 Å². The van der Waals surface area contributed by atoms with Gasteiger partial charge in [0.25, 0.3) is 5.91 Å². The number of nitrogens with zero attached hydrogens (tertiary/aromatic N) is 2. The lowest BCUT2D eigenvalue weighted by Crippen LogP contribution is -3.29. The van der Waals surface area contributed by atoms with Crippen LogP contribution >= 0.6 is 11.3 Å². The summed E-state index contributed by atoms with van der Waals surface area (Å²) in [5, 5.41) is 17.6. The van der Waals surface area contributed by atoms with E-state index in [1.807, 2.05) is 19.9 Å². The number of fused-ring (bicyclic) bond motifs is 1. The summed E-state index contributed by atoms with van der Waals surface area (Å²) in [4.78, 5) is 17.1. The van der Waals surface area contributed by atoms with Crippen LogP contribution in [0.4, 0.5) is 5.00 Å². The van der Waals surface area contributed by atoms with Crippen LogP contribution in [0.15, 0.2) is 10.6 Å². The maximum absolute atomic E-state index is 13.0. The Morgan fingerprint density at radius 1 is 1.30 bits per heavy atom. The van der Waals surface area contributed by atoms with Crippen LogP contribution in [-0.4, -0.2) is 43.3 Å². The maximum Gasteiger partial charge on any atom is 0.283 e. The molecule has 1 aliphatic carbocycles. The number of nitriles is 1. The van der Waals surface area contributed by atoms with E-state index in [9.17, 15) is 10.1 Å². The van der Waals surface area contributed by atoms with E-state index < -0.39 is 0 Å². The number of thiophene rings is 1. The fourth-order valence-electron chi connectivity index (χ4n) is 4.65. The zero-order chi connectivity index (χ0) is 21.1. The minimum atomic E-state index is -0.130. The summed E-state index contributed by atoms with van der Waals surface area (Å²) >= 11 is 1.61. The molecule has 2 aromatic rings. The lowest BCUT2D eigenvalue weighted by Gasteiger charge is -2.32. The van der Waals surface area contributed by atoms with E-state index in [4.69, 9.17) is 4.52 Å². The topological polar surface area (TPSA) is 87.8 Å². The highest BCUT2D eigenvalue weighted by molar-refractivity contribution is 7.16. The Bertz CT molecular complexity index is 936. The van der Waals surface area contributed by atoms with Crippen molar-refractivity contribution in [2.75, 3.05) is 31.5 Å². The molecule has 1 amide bonds. The lowest BCUT2D eigenvalue weighted by atomic mass is 10.1. The summed E-state index contributed by atoms with van der Waals surface area (Å²) in [7, 11) is 0. The fraction of sp³-hybridized carbons (Fsp3) is 0.591. The fourth-order valence-corrected chi connectivity index (χ4v) is 5.89. The van der Waals surface area contributed by atoms with Gasteiger partial charge in [0.15, 0.2) is 6.04 Å². The SMILES string of the molecule is Cc1cc(C[NH+]2CC[NH+]([C@@H](C)C(=O)Nc3sc4c(c3C#N)CCCCC4)CC2)no1. The number of carbonyl (C=O) groups is 1. The summed E-state index contributed by atoms with van der Waals surface area (Å²) in [5.41, 5.74) is 2.87. The number of anilines is 1. The van der Waals surface area contributed by atoms with Crippen molar-refractivity contribution >= 4 is 22.2 Å². The van der Waals surface area contributed by atoms with Gasteiger partial charge in [-0.2, -0.15) is 5.26 Å². The van der Waals surface area contributed by atoms with Crippen molar-refractivity contribution in [1.29, 1.82) is 5.26 Å². The third kappa shape index (κ3) is 4.59. The molecule has 0 saturated carbocycles. The van der Waals surface area contributed by atoms with Gasteiger partial charge in [0.05, 0.1) is 5.56 Å². The molecule has 0 unspecified atom stereocenters. The number of piperazine rings is 1. The Labute approximate surface area is 181 Å². The number of amides is 1. The average Bonchev–Trinajstić information content (AvgIpc) is 3.21. The van der Waals surface area contributed by atoms with Gasteiger partial charge in [0.1, 0.15) is 55.2 Å². The molecule has 1 saturated heterocycles. The first-order chi connectivity index (χ1) is 14.5. The first-order valence-electron chi connectivity index (χ1n) is 11.0. The molecule has 1 fully saturated rings. The third-order valence-electron chi connectivity index (χ3n) is 6.48. The van der Waals surface area contributed by atoms with E-state index >= 15 is 0 Å². The Morgan fingerprint density at radius 2 is 2.07 bits per heavy atom. The second-order valence-corrected chi connectivity index (χ2v) is 9.71. The molecular formula is C22H31N5O2S+2. The summed E-state index contributed by atoms with van der Waals surface area (Å²) in [5.74, 6) is 0.870. The first-order valence-corrected chi connectivity index (χ1v) is 11.8. The molecule has 1 aliphatic heterocycles. The molecular weight excluding hydrogens is 398 g/mol. The van der Waals surface area contributed by atoms with Gasteiger partial charge < -0.3 is 19.6 Å². The molecule has 160 valence electrons. The zero-order valence-electron chi connectivity index (χ0n) is 17.8. The number of hydrogen-bond donors (Lipinski definition) is 3. The molecule has 0 aromatic carbocycles. The predicted molar refractivity (Wildman–Crippen MR) is 115 cm³/mol. The van der Waals surface area contributed by atoms with Crippen molar-refractivity contribution in [1.82, 2.24) is 5.16 Å². The molecule has 4 rings (SSSR count). The van der Waals surface area contributed by atoms with E-state index in [-0.39, 0.29) is 11.9 Å². The third-order valence-corrected chi connectivity index (χ3v) is 7.69. The van der Waals surface area contributed by atoms with Crippen molar-refractivity contribution in [2.45, 2.75) is 58.5 Å². The van der Waals surface area contributed by atoms with Crippen molar-refractivity contribution in [2.24, 2.45) is 0 Å². The number of nitrogens with one attached hydrogen (secondary N) is 3. The van der Waals surface area contributed by atoms with Gasteiger partial charge in [-0.05, 0) is 45.1 Å². The highest BCUT2D eigenvalue weighted by atomic mass is 32.1. The van der Waals surface area contributed by atoms with E-state index in [1.54, 1.807) is 11.3 Å². The van der Waals surface area contributed by atoms with Gasteiger partial charge in [0.2, 0.25) is 0 Å². The molecule has 7 nitrogen and oxygen atoms in total. The van der Waals surface area contributed by atoms with Gasteiger partial charge in [-0.25, -0.2) is 0 Å². The Balaban J connectivity index is 1.34. The quantitative estimate of drug-likeness (QED) is 0.604. The maximum atomic E-state index is 13.0. The lowest BCUT2D eigenvalue weighted by molar-refractivity contribution is -1.02. The van der Waals surface area contributed by atoms with E-state index in [1.165, 1.54) is 33.1 Å². The molecule has 0 bridgehead atoms. The molecule has 2 aromatic heterocycles. The molecule has 1 atom stereocenters. The molecule has 0 radical (unpaired) electrons. The van der Waals surface area contributed by atoms with Crippen LogP contribution in [0.25, 0.3) is 0 Å². The smallest absolute Gasteiger partial charge is 0.283 e. The number of carbonyl (C=O) groups excluding carboxylic acids is 1. The molecule has 2 aliphatic rings. The van der Waals surface area contributed by atoms with Crippen molar-refractivity contribution in [3.63, 3.8) is 0 Å². The Kier molecular flexibility index (Phi) is 6.52. The van der Waals surface area contributed by atoms with E-state index in [0.717, 1.165) is 68.4 Å². The highest BCUT2D eigenvalue weighted by Gasteiger charge is 2.32. The number of hydrogen-bond acceptors (Lipinski definition) is 5. The van der Waals surface area contributed by atoms with Gasteiger partial charge in [0, 0.05) is 10.9 Å². The largest absolute Gasteiger partial charge is 0.361 e. The van der Waals surface area contributed by atoms with Crippen molar-refractivity contribution in [3.05, 3.63) is 33.5 Å². The molecule has 3 heterocycles. The van der Waals surface area contributed by atoms with Crippen LogP contribution in [0.5, 0.6) is 0 Å². The van der Waals surface area contributed by atoms with Crippen LogP contribution in [0, 0.1) is 18.3 Å². The second-order valence-electron chi connectivity index (χ2n) is 8.61. The Hall–Kier alpha value is -2.21. The standard InChI is InChI=1S/C22H29N5O2S/c1-15-12-17(25-29-15)14-26-8-10-27(11-9-26)16(2)21(28)24-22-19(13-23)18-6-4-3-5-7-20(18)30-22/h12,16H,3-11,14H2,1-2H3,(H,24,28)/p+2/t16-/m0/s1. The normalized spacial score (nSPS) is 22.6. The molecule has 0 spiro atoms. The number of aryl methyl sites for hydroxylation is 2. The number of aromatic nitrogens is 1. The highest BCUT2D eigenvalue weighted by Crippen LogP contribution is 2.36. The molecule has 3 N–H and O–H groups in total. The summed E-state index contributed by atoms with van der Waals surface area (Å²) in [6.45, 7) is 8.71. The van der Waals surface area contributed by atoms with Gasteiger partial charge >= 0.3 is 0 Å². The number of quaternary nitrogens is 2. The van der Waals surface area contributed by atoms with Crippen LogP contribution in [0.1, 0.15) is 53.6 Å². The van der Waals surface area contributed by atoms with Crippen molar-refractivity contribution < 1.29 is 19.1 Å². The van der Waals surface area contributed by atoms with Crippen LogP contribution < -0.4 is 15.1 Å². The average molecular weight is 430 g/mol. The predicted octanol–water partition coefficient (Wildman–Crippen LogP) is 0.496. The first kappa shape index (κ1) is 21.0. The number of rotatable bonds is 5. The van der Waals surface area contributed by atoms with E-state index in [0.29, 0.717) is 5.56 Å². The van der Waals surface area contributed by atoms with Crippen molar-refractivity contribution in [3.8, 4) is 6.07 Å². The zero-order valence-corrected chi connectivity index (χ0v) is 18.7. The minimum Gasteiger partial charge on any atom is -0.361 e. The molecule has 8 heteroatoms. The summed E-state index contributed by atoms with van der Waals surface area (Å²) in [6, 6.07) is 4.23. The monoisotopic (exact) mass is 429 g/mol. The summed E-state index contributed by atoms with van der Waals surface area (Å²) in [6.07, 6.45) is 5.51. The molecule has 30 heavy (non-hydrogen) atoms. The second kappa shape index (κ2) is 9.29.